The van der Waals surface area contributed by atoms with Gasteiger partial charge in [-0.1, -0.05) is 43.5 Å². The third-order valence-corrected chi connectivity index (χ3v) is 12.5. The molecule has 14 heteroatoms. The quantitative estimate of drug-likeness (QED) is 0.0901. The molecular formula is C35H29Br2Cl2N5O5. The Bertz CT molecular complexity index is 1970. The van der Waals surface area contributed by atoms with E-state index in [0.717, 1.165) is 10.6 Å². The topological polar surface area (TPSA) is 123 Å². The lowest BCUT2D eigenvalue weighted by atomic mass is 9.56. The number of hydrogen-bond acceptors (Lipinski definition) is 8. The number of azo groups is 1. The number of nitrogens with zero attached hydrogens (tertiary/aromatic N) is 5. The molecule has 3 aromatic rings. The molecule has 3 fully saturated rings. The second kappa shape index (κ2) is 12.3. The van der Waals surface area contributed by atoms with Gasteiger partial charge in [0, 0.05) is 35.7 Å². The predicted octanol–water partition coefficient (Wildman–Crippen LogP) is 7.55. The number of allylic oxidation sites excluding steroid dienone is 2. The van der Waals surface area contributed by atoms with Crippen molar-refractivity contribution in [3.05, 3.63) is 88.4 Å². The van der Waals surface area contributed by atoms with Gasteiger partial charge >= 0.3 is 0 Å². The van der Waals surface area contributed by atoms with Crippen LogP contribution in [0.15, 0.2) is 93.1 Å². The minimum Gasteiger partial charge on any atom is -0.508 e. The number of phenols is 1. The van der Waals surface area contributed by atoms with Crippen LogP contribution in [0.4, 0.5) is 22.7 Å². The van der Waals surface area contributed by atoms with Gasteiger partial charge in [0.1, 0.15) is 5.75 Å². The fraction of sp³-hybridized carbons (Fsp3) is 0.314. The Balaban J connectivity index is 1.23. The van der Waals surface area contributed by atoms with Gasteiger partial charge in [-0.15, -0.1) is 23.2 Å². The normalized spacial score (nSPS) is 29.3. The number of carbonyl (C=O) groups excluding carboxylic acids is 4. The molecule has 2 aliphatic heterocycles. The largest absolute Gasteiger partial charge is 0.508 e. The number of anilines is 2. The molecule has 2 heterocycles. The maximum atomic E-state index is 14.3. The molecule has 4 aliphatic rings. The first-order chi connectivity index (χ1) is 23.3. The maximum Gasteiger partial charge on any atom is 0.254 e. The van der Waals surface area contributed by atoms with Gasteiger partial charge in [-0.05, 0) is 85.5 Å². The summed E-state index contributed by atoms with van der Waals surface area (Å²) in [5.74, 6) is -5.71. The van der Waals surface area contributed by atoms with Crippen LogP contribution in [0.3, 0.4) is 0 Å². The summed E-state index contributed by atoms with van der Waals surface area (Å²) in [5.41, 5.74) is 3.37. The Morgan fingerprint density at radius 3 is 2.14 bits per heavy atom. The van der Waals surface area contributed by atoms with Crippen molar-refractivity contribution in [2.45, 2.75) is 28.5 Å². The number of fused-ring (bicyclic) bond motifs is 4. The Morgan fingerprint density at radius 1 is 0.898 bits per heavy atom. The smallest absolute Gasteiger partial charge is 0.254 e. The van der Waals surface area contributed by atoms with E-state index in [1.807, 2.05) is 49.3 Å². The van der Waals surface area contributed by atoms with Gasteiger partial charge in [0.2, 0.25) is 11.8 Å². The van der Waals surface area contributed by atoms with E-state index in [1.54, 1.807) is 36.4 Å². The lowest BCUT2D eigenvalue weighted by Gasteiger charge is -2.50. The van der Waals surface area contributed by atoms with Gasteiger partial charge in [0.25, 0.3) is 11.8 Å². The number of carbonyl (C=O) groups is 4. The average Bonchev–Trinajstić information content (AvgIpc) is 3.42. The SMILES string of the molecule is CN(C)c1ccc(N=Nc2ccc(N3C(=O)[C@H]4[C@H](CC=C5[C@H]4C[C@@]4(Cl)C(=O)N(CBr)C(=O)[C@@]4(Cl)[C@H]5c4cc(Br)ccc4O)C3=O)cc2)cc1. The number of alkyl halides is 3. The molecule has 2 aliphatic carbocycles. The predicted molar refractivity (Wildman–Crippen MR) is 193 cm³/mol. The molecule has 7 rings (SSSR count). The number of halogens is 4. The van der Waals surface area contributed by atoms with Crippen molar-refractivity contribution in [3.63, 3.8) is 0 Å². The minimum atomic E-state index is -2.00. The van der Waals surface area contributed by atoms with Gasteiger partial charge in [0.15, 0.2) is 9.75 Å². The molecule has 252 valence electrons. The van der Waals surface area contributed by atoms with E-state index in [2.05, 4.69) is 42.1 Å². The summed E-state index contributed by atoms with van der Waals surface area (Å²) >= 11 is 21.2. The average molecular weight is 830 g/mol. The van der Waals surface area contributed by atoms with Crippen molar-refractivity contribution in [1.82, 2.24) is 4.90 Å². The molecule has 4 amide bonds. The van der Waals surface area contributed by atoms with Gasteiger partial charge in [-0.3, -0.25) is 29.0 Å². The van der Waals surface area contributed by atoms with Crippen molar-refractivity contribution in [2.24, 2.45) is 28.0 Å². The molecule has 1 N–H and O–H groups in total. The third kappa shape index (κ3) is 5.08. The summed E-state index contributed by atoms with van der Waals surface area (Å²) < 4.78 is 0.606. The number of amides is 4. The summed E-state index contributed by atoms with van der Waals surface area (Å²) in [6.07, 6.45) is 1.88. The van der Waals surface area contributed by atoms with Gasteiger partial charge < -0.3 is 10.0 Å². The first-order valence-corrected chi connectivity index (χ1v) is 18.1. The Morgan fingerprint density at radius 2 is 1.53 bits per heavy atom. The van der Waals surface area contributed by atoms with E-state index >= 15 is 0 Å². The maximum absolute atomic E-state index is 14.3. The molecule has 6 atom stereocenters. The van der Waals surface area contributed by atoms with Gasteiger partial charge in [0.05, 0.1) is 34.4 Å². The summed E-state index contributed by atoms with van der Waals surface area (Å²) in [6, 6.07) is 19.0. The van der Waals surface area contributed by atoms with Crippen LogP contribution < -0.4 is 9.80 Å². The van der Waals surface area contributed by atoms with Crippen LogP contribution in [0.2, 0.25) is 0 Å². The molecule has 49 heavy (non-hydrogen) atoms. The zero-order chi connectivity index (χ0) is 35.0. The molecule has 1 saturated carbocycles. The molecular weight excluding hydrogens is 801 g/mol. The summed E-state index contributed by atoms with van der Waals surface area (Å²) in [7, 11) is 3.91. The molecule has 3 aromatic carbocycles. The highest BCUT2D eigenvalue weighted by Crippen LogP contribution is 2.66. The van der Waals surface area contributed by atoms with Crippen LogP contribution >= 0.6 is 55.1 Å². The van der Waals surface area contributed by atoms with Crippen LogP contribution in [0.25, 0.3) is 0 Å². The lowest BCUT2D eigenvalue weighted by Crippen LogP contribution is -2.60. The first kappa shape index (κ1) is 33.9. The van der Waals surface area contributed by atoms with Crippen molar-refractivity contribution in [3.8, 4) is 5.75 Å². The molecule has 10 nitrogen and oxygen atoms in total. The van der Waals surface area contributed by atoms with Crippen molar-refractivity contribution < 1.29 is 24.3 Å². The van der Waals surface area contributed by atoms with E-state index in [9.17, 15) is 24.3 Å². The number of phenolic OH excluding ortho intramolecular Hbond substituents is 1. The fourth-order valence-corrected chi connectivity index (χ4v) is 9.51. The number of imide groups is 2. The number of benzene rings is 3. The molecule has 0 radical (unpaired) electrons. The molecule has 0 unspecified atom stereocenters. The van der Waals surface area contributed by atoms with E-state index in [-0.39, 0.29) is 35.5 Å². The Labute approximate surface area is 309 Å². The van der Waals surface area contributed by atoms with E-state index in [1.165, 1.54) is 11.0 Å². The lowest BCUT2D eigenvalue weighted by molar-refractivity contribution is -0.138. The van der Waals surface area contributed by atoms with Crippen molar-refractivity contribution in [1.29, 1.82) is 0 Å². The van der Waals surface area contributed by atoms with E-state index in [0.29, 0.717) is 27.1 Å². The standard InChI is InChI=1S/C35H29Br2Cl2N5O5/c1-42(2)21-8-4-19(5-9-21)40-41-20-6-10-22(11-7-20)44-30(46)24-13-12-23-26(28(24)31(44)47)16-34(38)32(48)43(17-36)33(49)35(34,39)29(23)25-15-18(37)3-14-27(25)45/h3-12,14-15,24,26,28-29,45H,13,16-17H2,1-2H3/t24-,26+,28-,29+,34+,35-/m0/s1. The number of likely N-dealkylation sites (tertiary alicyclic amines) is 1. The summed E-state index contributed by atoms with van der Waals surface area (Å²) in [5, 5.41) is 19.7. The van der Waals surface area contributed by atoms with Crippen LogP contribution in [-0.4, -0.2) is 62.9 Å². The zero-order valence-electron chi connectivity index (χ0n) is 26.2. The highest BCUT2D eigenvalue weighted by molar-refractivity contribution is 9.10. The molecule has 0 bridgehead atoms. The summed E-state index contributed by atoms with van der Waals surface area (Å²) in [4.78, 5) is 56.2. The van der Waals surface area contributed by atoms with Crippen molar-refractivity contribution in [2.75, 3.05) is 29.3 Å². The molecule has 0 aromatic heterocycles. The molecule has 0 spiro atoms. The highest BCUT2D eigenvalue weighted by atomic mass is 79.9. The second-order valence-electron chi connectivity index (χ2n) is 12.8. The Hall–Kier alpha value is -3.58. The van der Waals surface area contributed by atoms with Crippen LogP contribution in [0, 0.1) is 17.8 Å². The van der Waals surface area contributed by atoms with Gasteiger partial charge in [-0.25, -0.2) is 0 Å². The minimum absolute atomic E-state index is 0.135. The second-order valence-corrected chi connectivity index (χ2v) is 15.5. The van der Waals surface area contributed by atoms with E-state index in [4.69, 9.17) is 23.2 Å². The number of aromatic hydroxyl groups is 1. The first-order valence-electron chi connectivity index (χ1n) is 15.5. The highest BCUT2D eigenvalue weighted by Gasteiger charge is 2.76. The van der Waals surface area contributed by atoms with Crippen molar-refractivity contribution >= 4 is 101 Å². The van der Waals surface area contributed by atoms with Crippen LogP contribution in [0.5, 0.6) is 5.75 Å². The zero-order valence-corrected chi connectivity index (χ0v) is 30.9. The third-order valence-electron chi connectivity index (χ3n) is 10.1. The van der Waals surface area contributed by atoms with Crippen LogP contribution in [-0.2, 0) is 19.2 Å². The number of hydrogen-bond donors (Lipinski definition) is 1. The number of rotatable bonds is 6. The monoisotopic (exact) mass is 827 g/mol. The van der Waals surface area contributed by atoms with Gasteiger partial charge in [-0.2, -0.15) is 10.2 Å². The Kier molecular flexibility index (Phi) is 8.53. The molecule has 2 saturated heterocycles. The van der Waals surface area contributed by atoms with Crippen LogP contribution in [0.1, 0.15) is 24.3 Å². The summed E-state index contributed by atoms with van der Waals surface area (Å²) in [6.45, 7) is 0. The fourth-order valence-electron chi connectivity index (χ4n) is 7.71. The van der Waals surface area contributed by atoms with E-state index < -0.39 is 51.1 Å².